The van der Waals surface area contributed by atoms with Crippen LogP contribution >= 0.6 is 0 Å². The molecule has 0 aromatic heterocycles. The number of benzene rings is 2. The van der Waals surface area contributed by atoms with Crippen LogP contribution < -0.4 is 21.3 Å². The van der Waals surface area contributed by atoms with Gasteiger partial charge in [-0.25, -0.2) is 0 Å². The number of ketones is 2. The van der Waals surface area contributed by atoms with Crippen LogP contribution in [0.15, 0.2) is 36.4 Å². The summed E-state index contributed by atoms with van der Waals surface area (Å²) >= 11 is 0. The minimum Gasteiger partial charge on any atom is -0.384 e. The number of nitrogens with one attached hydrogen (secondary N) is 4. The van der Waals surface area contributed by atoms with E-state index in [0.29, 0.717) is 72.4 Å². The molecule has 0 fully saturated rings. The maximum absolute atomic E-state index is 13.3. The molecule has 0 spiro atoms. The Morgan fingerprint density at radius 1 is 0.688 bits per heavy atom. The van der Waals surface area contributed by atoms with Gasteiger partial charge in [0.2, 0.25) is 11.8 Å². The molecule has 4 N–H and O–H groups in total. The summed E-state index contributed by atoms with van der Waals surface area (Å²) in [6.07, 6.45) is 1.91. The molecule has 32 heavy (non-hydrogen) atoms. The van der Waals surface area contributed by atoms with Gasteiger partial charge in [-0.3, -0.25) is 19.2 Å². The largest absolute Gasteiger partial charge is 0.384 e. The predicted octanol–water partition coefficient (Wildman–Crippen LogP) is 2.34. The molecule has 0 atom stereocenters. The normalized spacial score (nSPS) is 11.9. The number of carbonyl (C=O) groups is 4. The van der Waals surface area contributed by atoms with E-state index in [0.717, 1.165) is 0 Å². The monoisotopic (exact) mass is 436 g/mol. The minimum absolute atomic E-state index is 0.0506. The van der Waals surface area contributed by atoms with Crippen molar-refractivity contribution in [3.8, 4) is 0 Å². The summed E-state index contributed by atoms with van der Waals surface area (Å²) in [4.78, 5) is 49.6. The molecule has 8 nitrogen and oxygen atoms in total. The third kappa shape index (κ3) is 4.96. The summed E-state index contributed by atoms with van der Waals surface area (Å²) in [5.41, 5.74) is 2.58. The van der Waals surface area contributed by atoms with Crippen molar-refractivity contribution in [2.45, 2.75) is 25.7 Å². The molecule has 168 valence electrons. The van der Waals surface area contributed by atoms with Crippen LogP contribution in [0.1, 0.15) is 57.5 Å². The number of carbonyl (C=O) groups excluding carboxylic acids is 4. The van der Waals surface area contributed by atoms with E-state index in [9.17, 15) is 19.2 Å². The van der Waals surface area contributed by atoms with Gasteiger partial charge in [-0.2, -0.15) is 0 Å². The maximum atomic E-state index is 13.3. The molecule has 1 aliphatic rings. The predicted molar refractivity (Wildman–Crippen MR) is 123 cm³/mol. The van der Waals surface area contributed by atoms with Crippen LogP contribution in [0, 0.1) is 0 Å². The zero-order chi connectivity index (χ0) is 23.1. The quantitative estimate of drug-likeness (QED) is 0.363. The summed E-state index contributed by atoms with van der Waals surface area (Å²) < 4.78 is 0. The Morgan fingerprint density at radius 3 is 1.47 bits per heavy atom. The van der Waals surface area contributed by atoms with E-state index in [1.807, 2.05) is 0 Å². The van der Waals surface area contributed by atoms with Gasteiger partial charge in [-0.05, 0) is 25.0 Å². The molecule has 2 aromatic carbocycles. The van der Waals surface area contributed by atoms with E-state index >= 15 is 0 Å². The van der Waals surface area contributed by atoms with Crippen molar-refractivity contribution >= 4 is 34.8 Å². The first-order valence-corrected chi connectivity index (χ1v) is 10.7. The van der Waals surface area contributed by atoms with E-state index in [1.165, 1.54) is 0 Å². The van der Waals surface area contributed by atoms with E-state index in [-0.39, 0.29) is 23.4 Å². The Bertz CT molecular complexity index is 966. The zero-order valence-electron chi connectivity index (χ0n) is 18.3. The van der Waals surface area contributed by atoms with E-state index in [4.69, 9.17) is 0 Å². The Hall–Kier alpha value is -3.68. The molecule has 0 saturated heterocycles. The smallest absolute Gasteiger partial charge is 0.219 e. The van der Waals surface area contributed by atoms with Crippen molar-refractivity contribution in [3.05, 3.63) is 58.7 Å². The summed E-state index contributed by atoms with van der Waals surface area (Å²) in [5, 5.41) is 11.6. The number of amides is 2. The molecule has 2 aromatic rings. The Labute approximate surface area is 187 Å². The number of anilines is 2. The van der Waals surface area contributed by atoms with Crippen molar-refractivity contribution in [2.75, 3.05) is 37.8 Å². The van der Waals surface area contributed by atoms with E-state index < -0.39 is 0 Å². The van der Waals surface area contributed by atoms with Gasteiger partial charge in [0.05, 0.1) is 11.1 Å². The highest BCUT2D eigenvalue weighted by Gasteiger charge is 2.33. The zero-order valence-corrected chi connectivity index (χ0v) is 18.3. The van der Waals surface area contributed by atoms with Crippen LogP contribution in [-0.2, 0) is 9.59 Å². The van der Waals surface area contributed by atoms with Gasteiger partial charge in [0, 0.05) is 62.5 Å². The average Bonchev–Trinajstić information content (AvgIpc) is 2.82. The molecular formula is C24H28N4O4. The van der Waals surface area contributed by atoms with Crippen LogP contribution in [0.4, 0.5) is 11.4 Å². The highest BCUT2D eigenvalue weighted by Crippen LogP contribution is 2.36. The maximum Gasteiger partial charge on any atom is 0.219 e. The molecule has 0 aliphatic heterocycles. The summed E-state index contributed by atoms with van der Waals surface area (Å²) in [6, 6.07) is 10.4. The molecule has 0 unspecified atom stereocenters. The Balaban J connectivity index is 1.87. The first-order valence-electron chi connectivity index (χ1n) is 10.7. The van der Waals surface area contributed by atoms with Crippen LogP contribution in [0.2, 0.25) is 0 Å². The molecule has 0 heterocycles. The lowest BCUT2D eigenvalue weighted by Crippen LogP contribution is -2.25. The van der Waals surface area contributed by atoms with Gasteiger partial charge in [0.15, 0.2) is 11.6 Å². The van der Waals surface area contributed by atoms with Crippen LogP contribution in [0.25, 0.3) is 0 Å². The third-order valence-electron chi connectivity index (χ3n) is 5.43. The van der Waals surface area contributed by atoms with E-state index in [2.05, 4.69) is 21.3 Å². The number of rotatable bonds is 10. The molecule has 0 radical (unpaired) electrons. The highest BCUT2D eigenvalue weighted by atomic mass is 16.2. The minimum atomic E-state index is -0.210. The Kier molecular flexibility index (Phi) is 7.59. The van der Waals surface area contributed by atoms with Crippen molar-refractivity contribution in [1.82, 2.24) is 10.6 Å². The molecule has 2 amide bonds. The van der Waals surface area contributed by atoms with Gasteiger partial charge in [-0.1, -0.05) is 24.3 Å². The van der Waals surface area contributed by atoms with Crippen molar-refractivity contribution in [2.24, 2.45) is 0 Å². The molecule has 8 heteroatoms. The Morgan fingerprint density at radius 2 is 1.09 bits per heavy atom. The first-order chi connectivity index (χ1) is 15.5. The summed E-state index contributed by atoms with van der Waals surface area (Å²) in [6.45, 7) is 0.976. The second kappa shape index (κ2) is 10.6. The lowest BCUT2D eigenvalue weighted by atomic mass is 9.82. The summed E-state index contributed by atoms with van der Waals surface area (Å²) in [7, 11) is 3.18. The van der Waals surface area contributed by atoms with Gasteiger partial charge in [0.25, 0.3) is 0 Å². The fourth-order valence-corrected chi connectivity index (χ4v) is 3.71. The van der Waals surface area contributed by atoms with Gasteiger partial charge in [0.1, 0.15) is 0 Å². The van der Waals surface area contributed by atoms with Crippen molar-refractivity contribution in [1.29, 1.82) is 0 Å². The van der Waals surface area contributed by atoms with Crippen molar-refractivity contribution < 1.29 is 19.2 Å². The van der Waals surface area contributed by atoms with E-state index in [1.54, 1.807) is 50.5 Å². The summed E-state index contributed by atoms with van der Waals surface area (Å²) in [5.74, 6) is -0.522. The lowest BCUT2D eigenvalue weighted by molar-refractivity contribution is -0.121. The highest BCUT2D eigenvalue weighted by molar-refractivity contribution is 6.31. The molecule has 3 rings (SSSR count). The lowest BCUT2D eigenvalue weighted by Gasteiger charge is -2.24. The SMILES string of the molecule is CNC(=O)CCCNc1ccc(NCCCC(=O)NC)c2c1C(=O)c1ccccc1C2=O. The number of fused-ring (bicyclic) bond motifs is 2. The second-order valence-electron chi connectivity index (χ2n) is 7.52. The first kappa shape index (κ1) is 23.0. The van der Waals surface area contributed by atoms with Crippen LogP contribution in [-0.4, -0.2) is 50.6 Å². The molecule has 0 saturated carbocycles. The molecule has 1 aliphatic carbocycles. The van der Waals surface area contributed by atoms with Crippen LogP contribution in [0.5, 0.6) is 0 Å². The standard InChI is InChI=1S/C24H28N4O4/c1-25-19(29)9-5-13-27-17-11-12-18(28-14-6-10-20(30)26-2)22-21(17)23(31)15-7-3-4-8-16(15)24(22)32/h3-4,7-8,11-12,27-28H,5-6,9-10,13-14H2,1-2H3,(H,25,29)(H,26,30). The second-order valence-corrected chi connectivity index (χ2v) is 7.52. The molecule has 0 bridgehead atoms. The number of hydrogen-bond acceptors (Lipinski definition) is 6. The van der Waals surface area contributed by atoms with Gasteiger partial charge >= 0.3 is 0 Å². The van der Waals surface area contributed by atoms with Gasteiger partial charge < -0.3 is 21.3 Å². The van der Waals surface area contributed by atoms with Crippen molar-refractivity contribution in [3.63, 3.8) is 0 Å². The van der Waals surface area contributed by atoms with Gasteiger partial charge in [-0.15, -0.1) is 0 Å². The number of hydrogen-bond donors (Lipinski definition) is 4. The van der Waals surface area contributed by atoms with Crippen LogP contribution in [0.3, 0.4) is 0 Å². The molecular weight excluding hydrogens is 408 g/mol. The fraction of sp³-hybridized carbons (Fsp3) is 0.333. The average molecular weight is 437 g/mol. The third-order valence-corrected chi connectivity index (χ3v) is 5.43. The fourth-order valence-electron chi connectivity index (χ4n) is 3.71. The topological polar surface area (TPSA) is 116 Å².